The highest BCUT2D eigenvalue weighted by molar-refractivity contribution is 7.76. The predicted octanol–water partition coefficient (Wildman–Crippen LogP) is 5.71. The first-order valence-corrected chi connectivity index (χ1v) is 11.6. The van der Waals surface area contributed by atoms with E-state index in [1.165, 1.54) is 11.1 Å². The van der Waals surface area contributed by atoms with E-state index in [2.05, 4.69) is 53.2 Å². The lowest BCUT2D eigenvalue weighted by Gasteiger charge is -2.22. The van der Waals surface area contributed by atoms with Crippen molar-refractivity contribution in [3.05, 3.63) is 132 Å². The average molecular weight is 395 g/mol. The topological polar surface area (TPSA) is 20.1 Å². The van der Waals surface area contributed by atoms with E-state index >= 15 is 0 Å². The van der Waals surface area contributed by atoms with Crippen molar-refractivity contribution in [3.63, 3.8) is 0 Å². The summed E-state index contributed by atoms with van der Waals surface area (Å²) in [5.41, 5.74) is 2.40. The Balaban J connectivity index is 1.69. The quantitative estimate of drug-likeness (QED) is 0.318. The first-order valence-electron chi connectivity index (χ1n) is 9.90. The Bertz CT molecular complexity index is 1040. The van der Waals surface area contributed by atoms with Crippen LogP contribution in [0.5, 0.6) is 0 Å². The summed E-state index contributed by atoms with van der Waals surface area (Å²) in [6.45, 7) is 0. The maximum Gasteiger partial charge on any atom is 0.208 e. The molecule has 1 saturated heterocycles. The van der Waals surface area contributed by atoms with E-state index in [1.54, 1.807) is 0 Å². The third-order valence-electron chi connectivity index (χ3n) is 5.60. The molecular weight excluding hydrogens is 373 g/mol. The normalized spacial score (nSPS) is 20.9. The molecule has 3 heteroatoms. The molecule has 142 valence electrons. The van der Waals surface area contributed by atoms with E-state index in [1.807, 2.05) is 72.8 Å². The zero-order chi connectivity index (χ0) is 19.7. The second-order valence-corrected chi connectivity index (χ2v) is 9.98. The van der Waals surface area contributed by atoms with Gasteiger partial charge in [-0.25, -0.2) is 4.67 Å². The van der Waals surface area contributed by atoms with Crippen molar-refractivity contribution in [2.75, 3.05) is 0 Å². The molecule has 4 aromatic rings. The van der Waals surface area contributed by atoms with Crippen molar-refractivity contribution < 1.29 is 4.57 Å². The SMILES string of the molecule is O=P(c1ccccc1)(c1ccccc1)N1[C@H](c2ccccc2)[C@@H]1c1ccccc1. The van der Waals surface area contributed by atoms with Crippen molar-refractivity contribution in [1.29, 1.82) is 0 Å². The molecule has 1 fully saturated rings. The number of benzene rings is 4. The van der Waals surface area contributed by atoms with E-state index in [0.717, 1.165) is 10.6 Å². The van der Waals surface area contributed by atoms with Crippen LogP contribution in [0.25, 0.3) is 0 Å². The standard InChI is InChI=1S/C26H22NOP/c28-29(23-17-9-3-10-18-23,24-19-11-4-12-20-24)27-25(21-13-5-1-6-14-21)26(27)22-15-7-2-8-16-22/h1-20,25-26H/t25-,26+,27?. The Labute approximate surface area is 171 Å². The van der Waals surface area contributed by atoms with Gasteiger partial charge in [0.2, 0.25) is 7.29 Å². The Kier molecular flexibility index (Phi) is 4.67. The Morgan fingerprint density at radius 3 is 1.14 bits per heavy atom. The van der Waals surface area contributed by atoms with Gasteiger partial charge in [-0.3, -0.25) is 4.57 Å². The molecule has 0 aromatic heterocycles. The molecule has 0 radical (unpaired) electrons. The Morgan fingerprint density at radius 1 is 0.483 bits per heavy atom. The molecule has 4 aromatic carbocycles. The largest absolute Gasteiger partial charge is 0.296 e. The molecule has 1 heterocycles. The molecule has 0 saturated carbocycles. The lowest BCUT2D eigenvalue weighted by molar-refractivity contribution is 0.554. The fourth-order valence-corrected chi connectivity index (χ4v) is 7.36. The number of nitrogens with zero attached hydrogens (tertiary/aromatic N) is 1. The first kappa shape index (κ1) is 18.1. The first-order chi connectivity index (χ1) is 14.3. The van der Waals surface area contributed by atoms with Crippen LogP contribution < -0.4 is 10.6 Å². The molecular formula is C26H22NOP. The molecule has 0 N–H and O–H groups in total. The van der Waals surface area contributed by atoms with E-state index in [4.69, 9.17) is 0 Å². The molecule has 1 aliphatic heterocycles. The lowest BCUT2D eigenvalue weighted by atomic mass is 10.0. The molecule has 1 unspecified atom stereocenters. The average Bonchev–Trinajstić information content (AvgIpc) is 3.57. The molecule has 5 rings (SSSR count). The smallest absolute Gasteiger partial charge is 0.208 e. The van der Waals surface area contributed by atoms with Gasteiger partial charge in [-0.1, -0.05) is 97.1 Å². The Hall–Kier alpha value is -2.93. The summed E-state index contributed by atoms with van der Waals surface area (Å²) in [6, 6.07) is 40.9. The van der Waals surface area contributed by atoms with Crippen LogP contribution in [-0.2, 0) is 4.57 Å². The van der Waals surface area contributed by atoms with Gasteiger partial charge < -0.3 is 0 Å². The van der Waals surface area contributed by atoms with Crippen LogP contribution in [0.4, 0.5) is 0 Å². The van der Waals surface area contributed by atoms with Crippen molar-refractivity contribution >= 4 is 17.9 Å². The summed E-state index contributed by atoms with van der Waals surface area (Å²) in [7, 11) is -2.99. The molecule has 29 heavy (non-hydrogen) atoms. The van der Waals surface area contributed by atoms with Crippen molar-refractivity contribution in [2.24, 2.45) is 0 Å². The second kappa shape index (κ2) is 7.48. The number of hydrogen-bond donors (Lipinski definition) is 0. The minimum Gasteiger partial charge on any atom is -0.296 e. The number of hydrogen-bond acceptors (Lipinski definition) is 1. The van der Waals surface area contributed by atoms with Gasteiger partial charge in [0.25, 0.3) is 0 Å². The fraction of sp³-hybridized carbons (Fsp3) is 0.0769. The molecule has 3 atom stereocenters. The van der Waals surface area contributed by atoms with Crippen molar-refractivity contribution in [3.8, 4) is 0 Å². The van der Waals surface area contributed by atoms with Gasteiger partial charge in [0.15, 0.2) is 0 Å². The van der Waals surface area contributed by atoms with Gasteiger partial charge in [0, 0.05) is 10.6 Å². The van der Waals surface area contributed by atoms with Gasteiger partial charge in [0.05, 0.1) is 12.1 Å². The highest BCUT2D eigenvalue weighted by Crippen LogP contribution is 2.70. The summed E-state index contributed by atoms with van der Waals surface area (Å²) >= 11 is 0. The van der Waals surface area contributed by atoms with Crippen molar-refractivity contribution in [2.45, 2.75) is 12.1 Å². The van der Waals surface area contributed by atoms with Gasteiger partial charge in [-0.05, 0) is 35.4 Å². The van der Waals surface area contributed by atoms with Crippen LogP contribution in [0.2, 0.25) is 0 Å². The Morgan fingerprint density at radius 2 is 0.793 bits per heavy atom. The van der Waals surface area contributed by atoms with Crippen LogP contribution in [0, 0.1) is 0 Å². The van der Waals surface area contributed by atoms with Gasteiger partial charge in [0.1, 0.15) is 0 Å². The van der Waals surface area contributed by atoms with Gasteiger partial charge in [-0.15, -0.1) is 0 Å². The van der Waals surface area contributed by atoms with Gasteiger partial charge >= 0.3 is 0 Å². The summed E-state index contributed by atoms with van der Waals surface area (Å²) in [6.07, 6.45) is 0. The molecule has 0 bridgehead atoms. The molecule has 0 amide bonds. The van der Waals surface area contributed by atoms with Gasteiger partial charge in [-0.2, -0.15) is 0 Å². The summed E-state index contributed by atoms with van der Waals surface area (Å²) in [5, 5.41) is 1.76. The highest BCUT2D eigenvalue weighted by atomic mass is 31.2. The third-order valence-corrected chi connectivity index (χ3v) is 8.74. The van der Waals surface area contributed by atoms with Crippen LogP contribution in [0.1, 0.15) is 23.2 Å². The highest BCUT2D eigenvalue weighted by Gasteiger charge is 2.59. The third kappa shape index (κ3) is 3.15. The maximum atomic E-state index is 14.9. The van der Waals surface area contributed by atoms with Crippen LogP contribution >= 0.6 is 7.29 Å². The monoisotopic (exact) mass is 395 g/mol. The van der Waals surface area contributed by atoms with E-state index in [9.17, 15) is 4.57 Å². The maximum absolute atomic E-state index is 14.9. The summed E-state index contributed by atoms with van der Waals surface area (Å²) in [4.78, 5) is 0. The summed E-state index contributed by atoms with van der Waals surface area (Å²) in [5.74, 6) is 0. The fourth-order valence-electron chi connectivity index (χ4n) is 4.22. The van der Waals surface area contributed by atoms with Crippen LogP contribution in [0.15, 0.2) is 121 Å². The van der Waals surface area contributed by atoms with E-state index in [-0.39, 0.29) is 12.1 Å². The van der Waals surface area contributed by atoms with E-state index < -0.39 is 7.29 Å². The second-order valence-electron chi connectivity index (χ2n) is 7.34. The van der Waals surface area contributed by atoms with Crippen LogP contribution in [0.3, 0.4) is 0 Å². The zero-order valence-electron chi connectivity index (χ0n) is 16.0. The molecule has 1 aliphatic rings. The molecule has 0 aliphatic carbocycles. The summed E-state index contributed by atoms with van der Waals surface area (Å²) < 4.78 is 17.1. The molecule has 0 spiro atoms. The zero-order valence-corrected chi connectivity index (χ0v) is 16.9. The predicted molar refractivity (Wildman–Crippen MR) is 120 cm³/mol. The molecule has 2 nitrogen and oxygen atoms in total. The van der Waals surface area contributed by atoms with E-state index in [0.29, 0.717) is 0 Å². The van der Waals surface area contributed by atoms with Crippen molar-refractivity contribution in [1.82, 2.24) is 4.67 Å². The minimum atomic E-state index is -2.99. The number of rotatable bonds is 5. The minimum absolute atomic E-state index is 0.0878. The lowest BCUT2D eigenvalue weighted by Crippen LogP contribution is -2.22. The van der Waals surface area contributed by atoms with Crippen LogP contribution in [-0.4, -0.2) is 4.67 Å².